The lowest BCUT2D eigenvalue weighted by Gasteiger charge is -2.32. The monoisotopic (exact) mass is 413 g/mol. The molecule has 0 radical (unpaired) electrons. The van der Waals surface area contributed by atoms with Crippen molar-refractivity contribution >= 4 is 11.8 Å². The molecule has 1 aliphatic rings. The van der Waals surface area contributed by atoms with E-state index in [0.717, 1.165) is 43.1 Å². The highest BCUT2D eigenvalue weighted by molar-refractivity contribution is 5.97. The van der Waals surface area contributed by atoms with E-state index in [9.17, 15) is 9.59 Å². The highest BCUT2D eigenvalue weighted by Gasteiger charge is 2.28. The molecule has 1 fully saturated rings. The van der Waals surface area contributed by atoms with E-state index in [1.165, 1.54) is 0 Å². The molecule has 0 bridgehead atoms. The van der Waals surface area contributed by atoms with Crippen LogP contribution in [0.2, 0.25) is 0 Å². The predicted molar refractivity (Wildman–Crippen MR) is 115 cm³/mol. The Bertz CT molecular complexity index is 865. The third-order valence-electron chi connectivity index (χ3n) is 5.82. The molecule has 0 spiro atoms. The number of ether oxygens (including phenoxy) is 1. The van der Waals surface area contributed by atoms with Gasteiger partial charge >= 0.3 is 0 Å². The van der Waals surface area contributed by atoms with E-state index in [2.05, 4.69) is 23.7 Å². The summed E-state index contributed by atoms with van der Waals surface area (Å²) in [6.45, 7) is 7.72. The molecule has 0 unspecified atom stereocenters. The number of carbonyl (C=O) groups is 2. The van der Waals surface area contributed by atoms with Gasteiger partial charge in [0.05, 0.1) is 13.7 Å². The Morgan fingerprint density at radius 2 is 1.83 bits per heavy atom. The number of carbonyl (C=O) groups excluding carboxylic acids is 2. The maximum absolute atomic E-state index is 12.5. The maximum Gasteiger partial charge on any atom is 0.267 e. The molecular weight excluding hydrogens is 382 g/mol. The number of hydrogen-bond donors (Lipinski definition) is 2. The van der Waals surface area contributed by atoms with Crippen LogP contribution in [0, 0.1) is 0 Å². The van der Waals surface area contributed by atoms with Crippen LogP contribution in [-0.4, -0.2) is 71.4 Å². The Morgan fingerprint density at radius 1 is 1.20 bits per heavy atom. The summed E-state index contributed by atoms with van der Waals surface area (Å²) in [5.41, 5.74) is 7.27. The molecule has 8 heteroatoms. The number of aromatic nitrogens is 2. The number of nitrogens with two attached hydrogens (primary N) is 1. The predicted octanol–water partition coefficient (Wildman–Crippen LogP) is 2.23. The Labute approximate surface area is 177 Å². The molecule has 30 heavy (non-hydrogen) atoms. The van der Waals surface area contributed by atoms with Crippen LogP contribution < -0.4 is 10.5 Å². The SMILES string of the molecule is CCN(CC)CC(=O)N1CCC(c2nc(-c3ccc(OC)cc3)c(C(N)=O)[nH]2)CC1. The first kappa shape index (κ1) is 21.8. The Balaban J connectivity index is 1.71. The standard InChI is InChI=1S/C22H31N5O3/c1-4-26(5-2)14-18(28)27-12-10-16(11-13-27)22-24-19(20(25-22)21(23)29)15-6-8-17(30-3)9-7-15/h6-9,16H,4-5,10-14H2,1-3H3,(H2,23,29)(H,24,25). The van der Waals surface area contributed by atoms with Gasteiger partial charge in [0.15, 0.2) is 0 Å². The fourth-order valence-corrected chi connectivity index (χ4v) is 3.86. The number of aromatic amines is 1. The molecule has 2 aromatic rings. The van der Waals surface area contributed by atoms with Crippen LogP contribution in [0.1, 0.15) is 48.9 Å². The zero-order chi connectivity index (χ0) is 21.7. The number of likely N-dealkylation sites (tertiary alicyclic amines) is 1. The average Bonchev–Trinajstić information content (AvgIpc) is 3.23. The number of nitrogens with zero attached hydrogens (tertiary/aromatic N) is 3. The fourth-order valence-electron chi connectivity index (χ4n) is 3.86. The van der Waals surface area contributed by atoms with Crippen LogP contribution in [0.4, 0.5) is 0 Å². The zero-order valence-electron chi connectivity index (χ0n) is 18.0. The molecule has 2 amide bonds. The van der Waals surface area contributed by atoms with Crippen LogP contribution in [0.15, 0.2) is 24.3 Å². The van der Waals surface area contributed by atoms with Crippen molar-refractivity contribution in [3.8, 4) is 17.0 Å². The highest BCUT2D eigenvalue weighted by Crippen LogP contribution is 2.31. The van der Waals surface area contributed by atoms with Crippen LogP contribution >= 0.6 is 0 Å². The van der Waals surface area contributed by atoms with Gasteiger partial charge in [0.25, 0.3) is 5.91 Å². The number of methoxy groups -OCH3 is 1. The number of imidazole rings is 1. The summed E-state index contributed by atoms with van der Waals surface area (Å²) in [5.74, 6) is 1.29. The zero-order valence-corrected chi connectivity index (χ0v) is 18.0. The number of benzene rings is 1. The van der Waals surface area contributed by atoms with Gasteiger partial charge in [0.1, 0.15) is 23.0 Å². The molecular formula is C22H31N5O3. The molecule has 1 aromatic heterocycles. The second-order valence-corrected chi connectivity index (χ2v) is 7.55. The van der Waals surface area contributed by atoms with Gasteiger partial charge in [-0.25, -0.2) is 4.98 Å². The molecule has 0 atom stereocenters. The first-order valence-electron chi connectivity index (χ1n) is 10.5. The first-order valence-corrected chi connectivity index (χ1v) is 10.5. The van der Waals surface area contributed by atoms with Crippen molar-refractivity contribution in [2.24, 2.45) is 5.73 Å². The third-order valence-corrected chi connectivity index (χ3v) is 5.82. The van der Waals surface area contributed by atoms with Gasteiger partial charge in [-0.05, 0) is 50.2 Å². The van der Waals surface area contributed by atoms with Gasteiger partial charge in [-0.3, -0.25) is 14.5 Å². The van der Waals surface area contributed by atoms with Gasteiger partial charge in [0.2, 0.25) is 5.91 Å². The second-order valence-electron chi connectivity index (χ2n) is 7.55. The summed E-state index contributed by atoms with van der Waals surface area (Å²) < 4.78 is 5.20. The summed E-state index contributed by atoms with van der Waals surface area (Å²) >= 11 is 0. The average molecular weight is 414 g/mol. The van der Waals surface area contributed by atoms with Crippen molar-refractivity contribution in [2.45, 2.75) is 32.6 Å². The van der Waals surface area contributed by atoms with Crippen LogP contribution in [0.5, 0.6) is 5.75 Å². The summed E-state index contributed by atoms with van der Waals surface area (Å²) in [5, 5.41) is 0. The van der Waals surface area contributed by atoms with Crippen LogP contribution in [0.25, 0.3) is 11.3 Å². The van der Waals surface area contributed by atoms with Crippen molar-refractivity contribution in [3.05, 3.63) is 35.8 Å². The first-order chi connectivity index (χ1) is 14.5. The molecule has 0 aliphatic carbocycles. The summed E-state index contributed by atoms with van der Waals surface area (Å²) in [4.78, 5) is 36.4. The highest BCUT2D eigenvalue weighted by atomic mass is 16.5. The molecule has 1 saturated heterocycles. The van der Waals surface area contributed by atoms with Gasteiger partial charge in [0, 0.05) is 24.6 Å². The second kappa shape index (κ2) is 9.75. The Morgan fingerprint density at radius 3 is 2.37 bits per heavy atom. The third kappa shape index (κ3) is 4.81. The lowest BCUT2D eigenvalue weighted by atomic mass is 9.96. The molecule has 162 valence electrons. The van der Waals surface area contributed by atoms with Crippen molar-refractivity contribution in [2.75, 3.05) is 39.8 Å². The van der Waals surface area contributed by atoms with E-state index in [0.29, 0.717) is 31.0 Å². The number of primary amides is 1. The van der Waals surface area contributed by atoms with E-state index in [4.69, 9.17) is 15.5 Å². The number of hydrogen-bond acceptors (Lipinski definition) is 5. The smallest absolute Gasteiger partial charge is 0.267 e. The minimum absolute atomic E-state index is 0.160. The van der Waals surface area contributed by atoms with Crippen molar-refractivity contribution in [1.82, 2.24) is 19.8 Å². The summed E-state index contributed by atoms with van der Waals surface area (Å²) in [7, 11) is 1.61. The van der Waals surface area contributed by atoms with Crippen LogP contribution in [-0.2, 0) is 4.79 Å². The quantitative estimate of drug-likeness (QED) is 0.691. The molecule has 3 N–H and O–H groups in total. The number of nitrogens with one attached hydrogen (secondary N) is 1. The fraction of sp³-hybridized carbons (Fsp3) is 0.500. The summed E-state index contributed by atoms with van der Waals surface area (Å²) in [6, 6.07) is 7.38. The van der Waals surface area contributed by atoms with Crippen molar-refractivity contribution < 1.29 is 14.3 Å². The lowest BCUT2D eigenvalue weighted by molar-refractivity contribution is -0.133. The molecule has 3 rings (SSSR count). The van der Waals surface area contributed by atoms with E-state index >= 15 is 0 Å². The maximum atomic E-state index is 12.5. The van der Waals surface area contributed by atoms with Gasteiger partial charge in [-0.15, -0.1) is 0 Å². The van der Waals surface area contributed by atoms with E-state index in [1.54, 1.807) is 7.11 Å². The molecule has 8 nitrogen and oxygen atoms in total. The lowest BCUT2D eigenvalue weighted by Crippen LogP contribution is -2.44. The van der Waals surface area contributed by atoms with Gasteiger partial charge in [-0.1, -0.05) is 13.8 Å². The summed E-state index contributed by atoms with van der Waals surface area (Å²) in [6.07, 6.45) is 1.61. The molecule has 1 aromatic carbocycles. The minimum atomic E-state index is -0.536. The number of rotatable bonds is 8. The van der Waals surface area contributed by atoms with E-state index < -0.39 is 5.91 Å². The van der Waals surface area contributed by atoms with Gasteiger partial charge < -0.3 is 20.4 Å². The molecule has 1 aliphatic heterocycles. The van der Waals surface area contributed by atoms with Crippen LogP contribution in [0.3, 0.4) is 0 Å². The molecule has 0 saturated carbocycles. The Kier molecular flexibility index (Phi) is 7.10. The van der Waals surface area contributed by atoms with Gasteiger partial charge in [-0.2, -0.15) is 0 Å². The number of H-pyrrole nitrogens is 1. The Hall–Kier alpha value is -2.87. The van der Waals surface area contributed by atoms with Crippen molar-refractivity contribution in [3.63, 3.8) is 0 Å². The van der Waals surface area contributed by atoms with E-state index in [1.807, 2.05) is 29.2 Å². The molecule has 2 heterocycles. The largest absolute Gasteiger partial charge is 0.497 e. The number of piperidine rings is 1. The number of amides is 2. The normalized spacial score (nSPS) is 14.9. The minimum Gasteiger partial charge on any atom is -0.497 e. The van der Waals surface area contributed by atoms with E-state index in [-0.39, 0.29) is 11.8 Å². The van der Waals surface area contributed by atoms with Crippen molar-refractivity contribution in [1.29, 1.82) is 0 Å². The topological polar surface area (TPSA) is 105 Å². The number of likely N-dealkylation sites (N-methyl/N-ethyl adjacent to an activating group) is 1.